The van der Waals surface area contributed by atoms with Crippen molar-refractivity contribution in [2.24, 2.45) is 5.92 Å². The second-order valence-electron chi connectivity index (χ2n) is 10.0. The largest absolute Gasteiger partial charge is 0.371 e. The van der Waals surface area contributed by atoms with E-state index in [1.54, 1.807) is 6.20 Å². The fraction of sp³-hybridized carbons (Fsp3) is 0.682. The van der Waals surface area contributed by atoms with Gasteiger partial charge in [-0.1, -0.05) is 11.6 Å². The van der Waals surface area contributed by atoms with E-state index in [9.17, 15) is 8.42 Å². The lowest BCUT2D eigenvalue weighted by Gasteiger charge is -2.22. The van der Waals surface area contributed by atoms with Crippen molar-refractivity contribution >= 4 is 39.1 Å². The quantitative estimate of drug-likeness (QED) is 0.368. The van der Waals surface area contributed by atoms with Crippen LogP contribution < -0.4 is 20.7 Å². The normalized spacial score (nSPS) is 28.8. The van der Waals surface area contributed by atoms with Crippen LogP contribution in [-0.2, 0) is 19.5 Å². The molecule has 0 radical (unpaired) electrons. The van der Waals surface area contributed by atoms with Gasteiger partial charge in [0.2, 0.25) is 16.0 Å². The maximum atomic E-state index is 12.4. The SMILES string of the molecule is O=S(=O)(CC1CC1)N[C@H]1COC2C1OC[C@H]2Nc1nc(Nc2cnn(C3CCNCC3)c2)ncc1Cl. The summed E-state index contributed by atoms with van der Waals surface area (Å²) in [5.74, 6) is 1.29. The molecule has 0 aromatic carbocycles. The zero-order valence-electron chi connectivity index (χ0n) is 19.8. The molecular formula is C22H31ClN8O4S. The number of anilines is 3. The van der Waals surface area contributed by atoms with E-state index in [-0.39, 0.29) is 36.5 Å². The summed E-state index contributed by atoms with van der Waals surface area (Å²) in [5, 5.41) is 14.7. The van der Waals surface area contributed by atoms with E-state index in [0.29, 0.717) is 29.4 Å². The number of rotatable bonds is 9. The van der Waals surface area contributed by atoms with Crippen molar-refractivity contribution in [2.45, 2.75) is 56.0 Å². The molecule has 0 amide bonds. The third-order valence-electron chi connectivity index (χ3n) is 7.14. The third kappa shape index (κ3) is 5.46. The first kappa shape index (κ1) is 24.3. The zero-order chi connectivity index (χ0) is 24.7. The molecule has 3 saturated heterocycles. The van der Waals surface area contributed by atoms with Gasteiger partial charge in [0.1, 0.15) is 17.2 Å². The van der Waals surface area contributed by atoms with Gasteiger partial charge in [-0.2, -0.15) is 10.1 Å². The number of hydrogen-bond donors (Lipinski definition) is 4. The topological polar surface area (TPSA) is 144 Å². The molecular weight excluding hydrogens is 508 g/mol. The molecule has 1 aliphatic carbocycles. The van der Waals surface area contributed by atoms with Crippen molar-refractivity contribution in [1.82, 2.24) is 29.8 Å². The number of ether oxygens (including phenoxy) is 2. The van der Waals surface area contributed by atoms with Gasteiger partial charge in [0.15, 0.2) is 5.82 Å². The van der Waals surface area contributed by atoms with Crippen molar-refractivity contribution in [3.8, 4) is 0 Å². The molecule has 4 fully saturated rings. The Balaban J connectivity index is 1.08. The van der Waals surface area contributed by atoms with Crippen molar-refractivity contribution in [3.63, 3.8) is 0 Å². The third-order valence-corrected chi connectivity index (χ3v) is 8.99. The molecule has 2 aromatic rings. The molecule has 5 heterocycles. The summed E-state index contributed by atoms with van der Waals surface area (Å²) in [7, 11) is -3.35. The van der Waals surface area contributed by atoms with Crippen LogP contribution in [0, 0.1) is 5.92 Å². The number of hydrogen-bond acceptors (Lipinski definition) is 10. The summed E-state index contributed by atoms with van der Waals surface area (Å²) < 4.78 is 41.5. The van der Waals surface area contributed by atoms with Crippen molar-refractivity contribution in [1.29, 1.82) is 0 Å². The van der Waals surface area contributed by atoms with E-state index < -0.39 is 16.1 Å². The molecule has 36 heavy (non-hydrogen) atoms. The van der Waals surface area contributed by atoms with Crippen LogP contribution in [0.4, 0.5) is 17.5 Å². The standard InChI is InChI=1S/C22H31ClN8O4S/c23-16-8-25-22(27-14-7-26-31(9-14)15-3-5-24-6-4-15)29-21(16)28-17-10-34-20-18(11-35-19(17)20)30-36(32,33)12-13-1-2-13/h7-9,13,15,17-20,24,30H,1-6,10-12H2,(H2,25,27,28,29)/t17-,18+,19?,20?/m1/s1. The van der Waals surface area contributed by atoms with E-state index >= 15 is 0 Å². The average Bonchev–Trinajstić information content (AvgIpc) is 3.23. The van der Waals surface area contributed by atoms with Gasteiger partial charge in [0, 0.05) is 6.20 Å². The van der Waals surface area contributed by atoms with Gasteiger partial charge in [0.25, 0.3) is 0 Å². The summed E-state index contributed by atoms with van der Waals surface area (Å²) in [4.78, 5) is 8.85. The molecule has 1 saturated carbocycles. The van der Waals surface area contributed by atoms with Gasteiger partial charge < -0.3 is 25.4 Å². The molecule has 12 nitrogen and oxygen atoms in total. The van der Waals surface area contributed by atoms with Gasteiger partial charge in [-0.25, -0.2) is 18.1 Å². The highest BCUT2D eigenvalue weighted by atomic mass is 35.5. The average molecular weight is 539 g/mol. The van der Waals surface area contributed by atoms with Crippen LogP contribution in [0.5, 0.6) is 0 Å². The number of sulfonamides is 1. The molecule has 0 spiro atoms. The molecule has 2 aromatic heterocycles. The van der Waals surface area contributed by atoms with Crippen LogP contribution in [-0.4, -0.2) is 84.5 Å². The first-order chi connectivity index (χ1) is 17.4. The summed E-state index contributed by atoms with van der Waals surface area (Å²) in [6, 6.07) is -0.245. The summed E-state index contributed by atoms with van der Waals surface area (Å²) >= 11 is 6.39. The van der Waals surface area contributed by atoms with Crippen molar-refractivity contribution < 1.29 is 17.9 Å². The highest BCUT2D eigenvalue weighted by molar-refractivity contribution is 7.89. The number of aromatic nitrogens is 4. The maximum absolute atomic E-state index is 12.4. The Morgan fingerprint density at radius 2 is 1.83 bits per heavy atom. The maximum Gasteiger partial charge on any atom is 0.229 e. The minimum absolute atomic E-state index is 0.172. The smallest absolute Gasteiger partial charge is 0.229 e. The van der Waals surface area contributed by atoms with Crippen LogP contribution in [0.3, 0.4) is 0 Å². The molecule has 4 atom stereocenters. The molecule has 0 bridgehead atoms. The molecule has 3 aliphatic heterocycles. The molecule has 14 heteroatoms. The summed E-state index contributed by atoms with van der Waals surface area (Å²) in [6.45, 7) is 2.60. The first-order valence-corrected chi connectivity index (χ1v) is 14.5. The van der Waals surface area contributed by atoms with Crippen LogP contribution in [0.15, 0.2) is 18.6 Å². The second kappa shape index (κ2) is 10.0. The molecule has 4 aliphatic rings. The lowest BCUT2D eigenvalue weighted by Crippen LogP contribution is -2.45. The fourth-order valence-electron chi connectivity index (χ4n) is 5.10. The van der Waals surface area contributed by atoms with Gasteiger partial charge in [-0.05, 0) is 44.7 Å². The minimum Gasteiger partial charge on any atom is -0.371 e. The zero-order valence-corrected chi connectivity index (χ0v) is 21.3. The Kier molecular flexibility index (Phi) is 6.77. The van der Waals surface area contributed by atoms with E-state index in [1.165, 1.54) is 6.20 Å². The van der Waals surface area contributed by atoms with Gasteiger partial charge >= 0.3 is 0 Å². The number of halogens is 1. The summed E-state index contributed by atoms with van der Waals surface area (Å²) in [5.41, 5.74) is 0.798. The van der Waals surface area contributed by atoms with Gasteiger partial charge in [0.05, 0.1) is 55.2 Å². The van der Waals surface area contributed by atoms with Crippen LogP contribution in [0.1, 0.15) is 31.7 Å². The van der Waals surface area contributed by atoms with Crippen molar-refractivity contribution in [2.75, 3.05) is 42.7 Å². The van der Waals surface area contributed by atoms with Crippen LogP contribution >= 0.6 is 11.6 Å². The van der Waals surface area contributed by atoms with Crippen LogP contribution in [0.2, 0.25) is 5.02 Å². The minimum atomic E-state index is -3.35. The van der Waals surface area contributed by atoms with E-state index in [1.807, 2.05) is 10.9 Å². The van der Waals surface area contributed by atoms with E-state index in [0.717, 1.165) is 44.5 Å². The Labute approximate surface area is 214 Å². The predicted molar refractivity (Wildman–Crippen MR) is 134 cm³/mol. The van der Waals surface area contributed by atoms with Gasteiger partial charge in [-0.15, -0.1) is 0 Å². The Morgan fingerprint density at radius 1 is 1.08 bits per heavy atom. The van der Waals surface area contributed by atoms with Crippen molar-refractivity contribution in [3.05, 3.63) is 23.6 Å². The highest BCUT2D eigenvalue weighted by Gasteiger charge is 2.49. The number of fused-ring (bicyclic) bond motifs is 1. The monoisotopic (exact) mass is 538 g/mol. The lowest BCUT2D eigenvalue weighted by atomic mass is 10.1. The lowest BCUT2D eigenvalue weighted by molar-refractivity contribution is 0.0690. The van der Waals surface area contributed by atoms with E-state index in [2.05, 4.69) is 35.7 Å². The predicted octanol–water partition coefficient (Wildman–Crippen LogP) is 1.27. The van der Waals surface area contributed by atoms with Gasteiger partial charge in [-0.3, -0.25) is 4.68 Å². The Hall–Kier alpha value is -2.03. The molecule has 2 unspecified atom stereocenters. The summed E-state index contributed by atoms with van der Waals surface area (Å²) in [6.07, 6.45) is 8.63. The molecule has 196 valence electrons. The number of nitrogens with one attached hydrogen (secondary N) is 4. The molecule has 4 N–H and O–H groups in total. The Bertz CT molecular complexity index is 1190. The fourth-order valence-corrected chi connectivity index (χ4v) is 6.96. The number of nitrogens with zero attached hydrogens (tertiary/aromatic N) is 4. The Morgan fingerprint density at radius 3 is 2.61 bits per heavy atom. The number of piperidine rings is 1. The van der Waals surface area contributed by atoms with E-state index in [4.69, 9.17) is 21.1 Å². The first-order valence-electron chi connectivity index (χ1n) is 12.5. The molecule has 6 rings (SSSR count). The second-order valence-corrected chi connectivity index (χ2v) is 12.2. The van der Waals surface area contributed by atoms with Crippen LogP contribution in [0.25, 0.3) is 0 Å². The highest BCUT2D eigenvalue weighted by Crippen LogP contribution is 2.33.